The van der Waals surface area contributed by atoms with Gasteiger partial charge in [0.05, 0.1) is 55.1 Å². The maximum absolute atomic E-state index is 12.2. The fraction of sp³-hybridized carbons (Fsp3) is 0.762. The predicted molar refractivity (Wildman–Crippen MR) is 112 cm³/mol. The zero-order valence-electron chi connectivity index (χ0n) is 19.8. The van der Waals surface area contributed by atoms with Gasteiger partial charge >= 0.3 is 17.9 Å². The van der Waals surface area contributed by atoms with Gasteiger partial charge in [0.15, 0.2) is 17.7 Å². The summed E-state index contributed by atoms with van der Waals surface area (Å²) in [6, 6.07) is 0. The van der Waals surface area contributed by atoms with Crippen LogP contribution in [0.4, 0.5) is 0 Å². The third-order valence-electron chi connectivity index (χ3n) is 5.03. The van der Waals surface area contributed by atoms with Crippen LogP contribution in [-0.2, 0) is 33.4 Å². The molecule has 0 saturated heterocycles. The molecule has 1 saturated carbocycles. The fourth-order valence-corrected chi connectivity index (χ4v) is 3.66. The normalized spacial score (nSPS) is 17.9. The number of ether oxygens (including phenoxy) is 2. The topological polar surface area (TPSA) is 144 Å². The monoisotopic (exact) mass is 460 g/mol. The number of carboxylic acids is 2. The highest BCUT2D eigenvalue weighted by molar-refractivity contribution is 6.36. The minimum Gasteiger partial charge on any atom is -0.481 e. The fourth-order valence-electron chi connectivity index (χ4n) is 3.66. The minimum absolute atomic E-state index is 0.0612. The van der Waals surface area contributed by atoms with E-state index in [-0.39, 0.29) is 36.9 Å². The van der Waals surface area contributed by atoms with Crippen LogP contribution >= 0.6 is 0 Å². The first kappa shape index (κ1) is 27.7. The average molecular weight is 461 g/mol. The van der Waals surface area contributed by atoms with Gasteiger partial charge in [-0.05, 0) is 6.42 Å². The number of ketones is 2. The zero-order valence-corrected chi connectivity index (χ0v) is 19.8. The quantitative estimate of drug-likeness (QED) is 0.153. The number of esters is 1. The Hall–Kier alpha value is -2.37. The van der Waals surface area contributed by atoms with E-state index in [9.17, 15) is 29.1 Å². The Morgan fingerprint density at radius 1 is 0.969 bits per heavy atom. The van der Waals surface area contributed by atoms with Gasteiger partial charge in [-0.1, -0.05) is 0 Å². The molecule has 2 unspecified atom stereocenters. The molecule has 0 aromatic rings. The van der Waals surface area contributed by atoms with Crippen molar-refractivity contribution in [3.8, 4) is 0 Å². The molecular formula is C21H36N2O9+2. The highest BCUT2D eigenvalue weighted by Gasteiger charge is 2.67. The van der Waals surface area contributed by atoms with Crippen LogP contribution in [0.1, 0.15) is 25.7 Å². The highest BCUT2D eigenvalue weighted by Crippen LogP contribution is 2.39. The number of carbonyl (C=O) groups is 5. The Labute approximate surface area is 188 Å². The molecular weight excluding hydrogens is 424 g/mol. The van der Waals surface area contributed by atoms with E-state index in [2.05, 4.69) is 0 Å². The number of carbonyl (C=O) groups excluding carboxylic acids is 3. The van der Waals surface area contributed by atoms with Crippen molar-refractivity contribution in [2.45, 2.75) is 37.9 Å². The number of aliphatic carboxylic acids is 2. The van der Waals surface area contributed by atoms with Gasteiger partial charge in [-0.3, -0.25) is 24.0 Å². The number of hydrogen-bond acceptors (Lipinski definition) is 7. The second-order valence-electron chi connectivity index (χ2n) is 10.3. The van der Waals surface area contributed by atoms with Crippen LogP contribution in [0.5, 0.6) is 0 Å². The molecule has 0 aromatic carbocycles. The Bertz CT molecular complexity index is 722. The van der Waals surface area contributed by atoms with Crippen molar-refractivity contribution in [2.75, 3.05) is 62.0 Å². The summed E-state index contributed by atoms with van der Waals surface area (Å²) < 4.78 is 11.7. The van der Waals surface area contributed by atoms with Crippen molar-refractivity contribution in [3.05, 3.63) is 0 Å². The lowest BCUT2D eigenvalue weighted by Crippen LogP contribution is -2.66. The van der Waals surface area contributed by atoms with Crippen molar-refractivity contribution < 1.29 is 52.6 Å². The number of carboxylic acid groups (broad SMARTS) is 2. The van der Waals surface area contributed by atoms with Crippen molar-refractivity contribution in [2.24, 2.45) is 5.41 Å². The summed E-state index contributed by atoms with van der Waals surface area (Å²) in [5, 5.41) is 18.7. The summed E-state index contributed by atoms with van der Waals surface area (Å²) in [5.41, 5.74) is -2.21. The van der Waals surface area contributed by atoms with Gasteiger partial charge in [0.2, 0.25) is 5.41 Å². The number of hydrogen-bond donors (Lipinski definition) is 2. The average Bonchev–Trinajstić information content (AvgIpc) is 2.54. The number of nitrogens with zero attached hydrogens (tertiary/aromatic N) is 2. The van der Waals surface area contributed by atoms with Gasteiger partial charge in [0, 0.05) is 13.0 Å². The van der Waals surface area contributed by atoms with Gasteiger partial charge in [0.1, 0.15) is 19.2 Å². The lowest BCUT2D eigenvalue weighted by molar-refractivity contribution is -0.874. The molecule has 32 heavy (non-hydrogen) atoms. The summed E-state index contributed by atoms with van der Waals surface area (Å²) >= 11 is 0. The van der Waals surface area contributed by atoms with E-state index in [0.717, 1.165) is 0 Å². The molecule has 11 heteroatoms. The first-order valence-corrected chi connectivity index (χ1v) is 10.4. The van der Waals surface area contributed by atoms with E-state index in [1.807, 2.05) is 21.1 Å². The standard InChI is InChI=1S/C21H34N2O9/c1-22(2,3)12-14(10-18(26)27)32-19(28)8-7-9-31-17(13-23(4,5)6)21(20(29)30)15(24)11-16(21)25/h14,17H,7-13H2,1-6H3/p+2. The van der Waals surface area contributed by atoms with Gasteiger partial charge in [-0.2, -0.15) is 0 Å². The van der Waals surface area contributed by atoms with Gasteiger partial charge in [-0.25, -0.2) is 0 Å². The van der Waals surface area contributed by atoms with E-state index >= 15 is 0 Å². The molecule has 1 rings (SSSR count). The number of Topliss-reactive ketones (excluding diaryl/α,β-unsaturated/α-hetero) is 2. The summed E-state index contributed by atoms with van der Waals surface area (Å²) in [6.07, 6.45) is -2.60. The molecule has 182 valence electrons. The molecule has 0 bridgehead atoms. The van der Waals surface area contributed by atoms with Gasteiger partial charge in [0.25, 0.3) is 0 Å². The first-order chi connectivity index (χ1) is 14.5. The maximum Gasteiger partial charge on any atom is 0.327 e. The maximum atomic E-state index is 12.2. The lowest BCUT2D eigenvalue weighted by Gasteiger charge is -2.42. The number of rotatable bonds is 14. The van der Waals surface area contributed by atoms with Crippen LogP contribution in [0.25, 0.3) is 0 Å². The van der Waals surface area contributed by atoms with Crippen LogP contribution in [0.15, 0.2) is 0 Å². The number of likely N-dealkylation sites (N-methyl/N-ethyl adjacent to an activating group) is 2. The zero-order chi connectivity index (χ0) is 24.9. The lowest BCUT2D eigenvalue weighted by atomic mass is 9.62. The summed E-state index contributed by atoms with van der Waals surface area (Å²) in [6.45, 7) is 0.373. The third-order valence-corrected chi connectivity index (χ3v) is 5.03. The molecule has 11 nitrogen and oxygen atoms in total. The van der Waals surface area contributed by atoms with Crippen LogP contribution in [0, 0.1) is 5.41 Å². The summed E-state index contributed by atoms with van der Waals surface area (Å²) in [4.78, 5) is 59.5. The van der Waals surface area contributed by atoms with Crippen molar-refractivity contribution in [1.29, 1.82) is 0 Å². The van der Waals surface area contributed by atoms with E-state index in [1.54, 1.807) is 21.1 Å². The van der Waals surface area contributed by atoms with E-state index in [0.29, 0.717) is 11.0 Å². The van der Waals surface area contributed by atoms with Crippen LogP contribution in [0.2, 0.25) is 0 Å². The molecule has 0 aromatic heterocycles. The second kappa shape index (κ2) is 10.5. The summed E-state index contributed by atoms with van der Waals surface area (Å²) in [7, 11) is 10.9. The van der Waals surface area contributed by atoms with Gasteiger partial charge in [-0.15, -0.1) is 0 Å². The molecule has 0 radical (unpaired) electrons. The van der Waals surface area contributed by atoms with E-state index < -0.39 is 53.5 Å². The van der Waals surface area contributed by atoms with Crippen molar-refractivity contribution in [1.82, 2.24) is 0 Å². The smallest absolute Gasteiger partial charge is 0.327 e. The predicted octanol–water partition coefficient (Wildman–Crippen LogP) is -0.436. The molecule has 0 aliphatic heterocycles. The van der Waals surface area contributed by atoms with E-state index in [1.165, 1.54) is 0 Å². The molecule has 0 spiro atoms. The molecule has 0 amide bonds. The van der Waals surface area contributed by atoms with Crippen LogP contribution in [0.3, 0.4) is 0 Å². The highest BCUT2D eigenvalue weighted by atomic mass is 16.5. The summed E-state index contributed by atoms with van der Waals surface area (Å²) in [5.74, 6) is -4.54. The van der Waals surface area contributed by atoms with E-state index in [4.69, 9.17) is 14.6 Å². The second-order valence-corrected chi connectivity index (χ2v) is 10.3. The largest absolute Gasteiger partial charge is 0.481 e. The van der Waals surface area contributed by atoms with Crippen molar-refractivity contribution >= 4 is 29.5 Å². The molecule has 1 fully saturated rings. The molecule has 1 aliphatic carbocycles. The molecule has 1 aliphatic rings. The van der Waals surface area contributed by atoms with Crippen molar-refractivity contribution in [3.63, 3.8) is 0 Å². The Morgan fingerprint density at radius 2 is 1.50 bits per heavy atom. The van der Waals surface area contributed by atoms with Gasteiger partial charge < -0.3 is 28.7 Å². The Balaban J connectivity index is 2.73. The van der Waals surface area contributed by atoms with Crippen LogP contribution < -0.4 is 0 Å². The van der Waals surface area contributed by atoms with Crippen LogP contribution in [-0.4, -0.2) is 123 Å². The number of quaternary nitrogens is 2. The molecule has 2 atom stereocenters. The third kappa shape index (κ3) is 7.64. The molecule has 2 N–H and O–H groups in total. The minimum atomic E-state index is -2.21. The SMILES string of the molecule is C[N+](C)(C)CC(CC(=O)O)OC(=O)CCCOC(C[N+](C)(C)C)C1(C(=O)O)C(=O)CC1=O. The molecule has 0 heterocycles. The first-order valence-electron chi connectivity index (χ1n) is 10.4. The Morgan fingerprint density at radius 3 is 1.91 bits per heavy atom. The Kier molecular flexibility index (Phi) is 9.07.